The molecule has 9 heteroatoms. The Hall–Kier alpha value is -3.23. The van der Waals surface area contributed by atoms with Crippen LogP contribution in [0.25, 0.3) is 0 Å². The Bertz CT molecular complexity index is 1140. The maximum Gasteiger partial charge on any atom is 0.173 e. The van der Waals surface area contributed by atoms with E-state index in [2.05, 4.69) is 25.3 Å². The van der Waals surface area contributed by atoms with E-state index in [0.717, 1.165) is 49.0 Å². The third-order valence-corrected chi connectivity index (χ3v) is 6.00. The molecule has 0 saturated carbocycles. The van der Waals surface area contributed by atoms with E-state index in [0.29, 0.717) is 11.6 Å². The molecule has 32 heavy (non-hydrogen) atoms. The summed E-state index contributed by atoms with van der Waals surface area (Å²) in [5, 5.41) is 13.2. The molecule has 2 aromatic carbocycles. The number of tetrazole rings is 1. The fraction of sp³-hybridized carbons (Fsp3) is 0.261. The Balaban J connectivity index is 1.41. The van der Waals surface area contributed by atoms with Gasteiger partial charge in [-0.1, -0.05) is 23.7 Å². The molecule has 1 saturated heterocycles. The molecule has 0 amide bonds. The number of nitrogens with zero attached hydrogens (tertiary/aromatic N) is 6. The molecule has 0 N–H and O–H groups in total. The van der Waals surface area contributed by atoms with Crippen molar-refractivity contribution in [1.29, 1.82) is 0 Å². The van der Waals surface area contributed by atoms with Gasteiger partial charge < -0.3 is 9.32 Å². The van der Waals surface area contributed by atoms with Gasteiger partial charge in [0.15, 0.2) is 5.82 Å². The quantitative estimate of drug-likeness (QED) is 0.440. The highest BCUT2D eigenvalue weighted by Crippen LogP contribution is 2.30. The van der Waals surface area contributed by atoms with Crippen molar-refractivity contribution in [3.8, 4) is 0 Å². The minimum absolute atomic E-state index is 0.132. The molecule has 7 nitrogen and oxygen atoms in total. The third-order valence-electron chi connectivity index (χ3n) is 5.75. The van der Waals surface area contributed by atoms with Crippen LogP contribution in [0.4, 0.5) is 10.1 Å². The van der Waals surface area contributed by atoms with E-state index in [1.165, 1.54) is 12.1 Å². The fourth-order valence-corrected chi connectivity index (χ4v) is 4.25. The average Bonchev–Trinajstić information content (AvgIpc) is 3.49. The fourth-order valence-electron chi connectivity index (χ4n) is 4.13. The SMILES string of the molecule is Fc1ccc(N2CCN([C@@H](c3ccc(Cl)cc3)c3nnnn3Cc3ccco3)CC2)cc1. The summed E-state index contributed by atoms with van der Waals surface area (Å²) in [5.41, 5.74) is 2.09. The predicted molar refractivity (Wildman–Crippen MR) is 119 cm³/mol. The molecular weight excluding hydrogens is 431 g/mol. The minimum Gasteiger partial charge on any atom is -0.467 e. The van der Waals surface area contributed by atoms with E-state index in [-0.39, 0.29) is 11.9 Å². The van der Waals surface area contributed by atoms with Gasteiger partial charge in [0.1, 0.15) is 18.1 Å². The van der Waals surface area contributed by atoms with E-state index in [1.54, 1.807) is 10.9 Å². The van der Waals surface area contributed by atoms with Gasteiger partial charge >= 0.3 is 0 Å². The molecule has 3 heterocycles. The van der Waals surface area contributed by atoms with Crippen LogP contribution < -0.4 is 4.90 Å². The lowest BCUT2D eigenvalue weighted by Gasteiger charge is -2.39. The molecule has 4 aromatic rings. The van der Waals surface area contributed by atoms with Crippen LogP contribution in [0.15, 0.2) is 71.3 Å². The van der Waals surface area contributed by atoms with Gasteiger partial charge in [0.25, 0.3) is 0 Å². The second-order valence-electron chi connectivity index (χ2n) is 7.73. The number of anilines is 1. The van der Waals surface area contributed by atoms with Crippen molar-refractivity contribution >= 4 is 17.3 Å². The highest BCUT2D eigenvalue weighted by molar-refractivity contribution is 6.30. The maximum absolute atomic E-state index is 13.3. The van der Waals surface area contributed by atoms with E-state index >= 15 is 0 Å². The third kappa shape index (κ3) is 4.37. The molecular formula is C23H22ClFN6O. The number of benzene rings is 2. The highest BCUT2D eigenvalue weighted by atomic mass is 35.5. The second kappa shape index (κ2) is 9.10. The molecule has 164 valence electrons. The van der Waals surface area contributed by atoms with Crippen LogP contribution in [0.2, 0.25) is 5.02 Å². The number of piperazine rings is 1. The lowest BCUT2D eigenvalue weighted by Crippen LogP contribution is -2.48. The van der Waals surface area contributed by atoms with Crippen LogP contribution in [-0.4, -0.2) is 51.3 Å². The number of furan rings is 1. The number of hydrogen-bond donors (Lipinski definition) is 0. The van der Waals surface area contributed by atoms with Crippen molar-refractivity contribution in [2.45, 2.75) is 12.6 Å². The van der Waals surface area contributed by atoms with Crippen LogP contribution in [0.1, 0.15) is 23.2 Å². The van der Waals surface area contributed by atoms with Gasteiger partial charge in [0, 0.05) is 36.9 Å². The Labute approximate surface area is 190 Å². The summed E-state index contributed by atoms with van der Waals surface area (Å²) < 4.78 is 20.6. The summed E-state index contributed by atoms with van der Waals surface area (Å²) >= 11 is 6.15. The van der Waals surface area contributed by atoms with E-state index < -0.39 is 0 Å². The van der Waals surface area contributed by atoms with Crippen molar-refractivity contribution in [2.24, 2.45) is 0 Å². The molecule has 5 rings (SSSR count). The van der Waals surface area contributed by atoms with Gasteiger partial charge in [-0.25, -0.2) is 9.07 Å². The van der Waals surface area contributed by atoms with Crippen molar-refractivity contribution in [3.63, 3.8) is 0 Å². The molecule has 1 fully saturated rings. The van der Waals surface area contributed by atoms with Crippen LogP contribution >= 0.6 is 11.6 Å². The highest BCUT2D eigenvalue weighted by Gasteiger charge is 2.31. The van der Waals surface area contributed by atoms with Crippen molar-refractivity contribution in [1.82, 2.24) is 25.1 Å². The van der Waals surface area contributed by atoms with Crippen LogP contribution in [-0.2, 0) is 6.54 Å². The standard InChI is InChI=1S/C23H22ClFN6O/c24-18-5-3-17(4-6-18)22(23-26-27-28-31(23)16-21-2-1-15-32-21)30-13-11-29(12-14-30)20-9-7-19(25)8-10-20/h1-10,15,22H,11-14,16H2/t22-/m0/s1. The van der Waals surface area contributed by atoms with Gasteiger partial charge in [0.05, 0.1) is 12.3 Å². The summed E-state index contributed by atoms with van der Waals surface area (Å²) in [5.74, 6) is 1.31. The molecule has 0 aliphatic carbocycles. The number of halogens is 2. The number of aromatic nitrogens is 4. The Kier molecular flexibility index (Phi) is 5.87. The van der Waals surface area contributed by atoms with Gasteiger partial charge in [-0.3, -0.25) is 4.90 Å². The monoisotopic (exact) mass is 452 g/mol. The number of rotatable bonds is 6. The lowest BCUT2D eigenvalue weighted by molar-refractivity contribution is 0.201. The van der Waals surface area contributed by atoms with Gasteiger partial charge in [-0.05, 0) is 64.5 Å². The van der Waals surface area contributed by atoms with E-state index in [1.807, 2.05) is 48.5 Å². The van der Waals surface area contributed by atoms with Crippen LogP contribution in [0, 0.1) is 5.82 Å². The first kappa shape index (κ1) is 20.7. The van der Waals surface area contributed by atoms with E-state index in [9.17, 15) is 4.39 Å². The molecule has 0 spiro atoms. The first-order chi connectivity index (χ1) is 15.7. The molecule has 0 unspecified atom stereocenters. The Morgan fingerprint density at radius 2 is 1.72 bits per heavy atom. The molecule has 2 aromatic heterocycles. The van der Waals surface area contributed by atoms with Gasteiger partial charge in [0.2, 0.25) is 0 Å². The molecule has 1 aliphatic rings. The summed E-state index contributed by atoms with van der Waals surface area (Å²) in [4.78, 5) is 4.63. The predicted octanol–water partition coefficient (Wildman–Crippen LogP) is 4.02. The van der Waals surface area contributed by atoms with Crippen LogP contribution in [0.5, 0.6) is 0 Å². The average molecular weight is 453 g/mol. The van der Waals surface area contributed by atoms with Gasteiger partial charge in [-0.15, -0.1) is 5.10 Å². The number of hydrogen-bond acceptors (Lipinski definition) is 6. The van der Waals surface area contributed by atoms with E-state index in [4.69, 9.17) is 16.0 Å². The summed E-state index contributed by atoms with van der Waals surface area (Å²) in [7, 11) is 0. The first-order valence-corrected chi connectivity index (χ1v) is 10.8. The summed E-state index contributed by atoms with van der Waals surface area (Å²) in [6.45, 7) is 3.69. The Morgan fingerprint density at radius 3 is 2.41 bits per heavy atom. The topological polar surface area (TPSA) is 63.2 Å². The zero-order chi connectivity index (χ0) is 21.9. The molecule has 0 radical (unpaired) electrons. The second-order valence-corrected chi connectivity index (χ2v) is 8.16. The smallest absolute Gasteiger partial charge is 0.173 e. The maximum atomic E-state index is 13.3. The minimum atomic E-state index is -0.224. The summed E-state index contributed by atoms with van der Waals surface area (Å²) in [6.07, 6.45) is 1.64. The Morgan fingerprint density at radius 1 is 0.969 bits per heavy atom. The van der Waals surface area contributed by atoms with Crippen molar-refractivity contribution in [2.75, 3.05) is 31.1 Å². The van der Waals surface area contributed by atoms with Crippen molar-refractivity contribution in [3.05, 3.63) is 94.9 Å². The molecule has 1 aliphatic heterocycles. The van der Waals surface area contributed by atoms with Crippen molar-refractivity contribution < 1.29 is 8.81 Å². The molecule has 0 bridgehead atoms. The largest absolute Gasteiger partial charge is 0.467 e. The first-order valence-electron chi connectivity index (χ1n) is 10.5. The van der Waals surface area contributed by atoms with Crippen LogP contribution in [0.3, 0.4) is 0 Å². The zero-order valence-corrected chi connectivity index (χ0v) is 18.1. The summed E-state index contributed by atoms with van der Waals surface area (Å²) in [6, 6.07) is 18.1. The normalized spacial score (nSPS) is 15.8. The zero-order valence-electron chi connectivity index (χ0n) is 17.3. The lowest BCUT2D eigenvalue weighted by atomic mass is 10.0. The van der Waals surface area contributed by atoms with Gasteiger partial charge in [-0.2, -0.15) is 0 Å². The molecule has 1 atom stereocenters.